The number of nitrogens with zero attached hydrogens (tertiary/aromatic N) is 2. The van der Waals surface area contributed by atoms with Crippen molar-refractivity contribution in [3.05, 3.63) is 65.7 Å². The number of hydrogen-bond donors (Lipinski definition) is 0. The number of nitriles is 1. The Morgan fingerprint density at radius 1 is 1.04 bits per heavy atom. The zero-order valence-electron chi connectivity index (χ0n) is 14.1. The van der Waals surface area contributed by atoms with Crippen LogP contribution in [0, 0.1) is 17.2 Å². The van der Waals surface area contributed by atoms with Crippen molar-refractivity contribution < 1.29 is 8.42 Å². The van der Waals surface area contributed by atoms with E-state index in [0.717, 1.165) is 25.7 Å². The molecule has 2 aromatic carbocycles. The standard InChI is InChI=1S/C20H22N2O2S/c21-16-19-7-4-8-20(15-19)25(23,24)22-13-11-18(12-14-22)10-9-17-5-2-1-3-6-17/h1-8,15,18H,9-14H2. The number of piperidine rings is 1. The van der Waals surface area contributed by atoms with Crippen LogP contribution in [0.2, 0.25) is 0 Å². The molecule has 0 bridgehead atoms. The molecule has 2 aromatic rings. The predicted molar refractivity (Wildman–Crippen MR) is 97.4 cm³/mol. The minimum atomic E-state index is -3.50. The van der Waals surface area contributed by atoms with Gasteiger partial charge in [0.05, 0.1) is 16.5 Å². The Balaban J connectivity index is 1.58. The topological polar surface area (TPSA) is 61.2 Å². The first-order chi connectivity index (χ1) is 12.1. The molecule has 3 rings (SSSR count). The predicted octanol–water partition coefficient (Wildman–Crippen LogP) is 3.59. The molecule has 1 aliphatic heterocycles. The van der Waals surface area contributed by atoms with Gasteiger partial charge in [-0.15, -0.1) is 0 Å². The van der Waals surface area contributed by atoms with Crippen molar-refractivity contribution in [2.24, 2.45) is 5.92 Å². The van der Waals surface area contributed by atoms with Gasteiger partial charge >= 0.3 is 0 Å². The molecule has 5 heteroatoms. The van der Waals surface area contributed by atoms with E-state index in [2.05, 4.69) is 24.3 Å². The Kier molecular flexibility index (Phi) is 5.52. The van der Waals surface area contributed by atoms with Crippen molar-refractivity contribution >= 4 is 10.0 Å². The van der Waals surface area contributed by atoms with E-state index in [-0.39, 0.29) is 4.90 Å². The van der Waals surface area contributed by atoms with Crippen molar-refractivity contribution in [2.75, 3.05) is 13.1 Å². The van der Waals surface area contributed by atoms with Gasteiger partial charge in [0.2, 0.25) is 10.0 Å². The molecule has 0 radical (unpaired) electrons. The molecule has 0 spiro atoms. The number of benzene rings is 2. The van der Waals surface area contributed by atoms with Crippen molar-refractivity contribution in [3.63, 3.8) is 0 Å². The smallest absolute Gasteiger partial charge is 0.207 e. The summed E-state index contributed by atoms with van der Waals surface area (Å²) in [5.74, 6) is 0.567. The highest BCUT2D eigenvalue weighted by molar-refractivity contribution is 7.89. The molecular weight excluding hydrogens is 332 g/mol. The Bertz CT molecular complexity index is 849. The molecule has 1 saturated heterocycles. The zero-order valence-corrected chi connectivity index (χ0v) is 15.0. The second kappa shape index (κ2) is 7.81. The van der Waals surface area contributed by atoms with Crippen molar-refractivity contribution in [1.82, 2.24) is 4.31 Å². The lowest BCUT2D eigenvalue weighted by atomic mass is 9.91. The van der Waals surface area contributed by atoms with Crippen molar-refractivity contribution in [1.29, 1.82) is 5.26 Å². The summed E-state index contributed by atoms with van der Waals surface area (Å²) < 4.78 is 27.1. The summed E-state index contributed by atoms with van der Waals surface area (Å²) in [6.45, 7) is 1.11. The lowest BCUT2D eigenvalue weighted by Gasteiger charge is -2.31. The molecule has 0 N–H and O–H groups in total. The molecule has 0 saturated carbocycles. The van der Waals surface area contributed by atoms with E-state index in [9.17, 15) is 8.42 Å². The van der Waals surface area contributed by atoms with Gasteiger partial charge in [0.1, 0.15) is 0 Å². The first kappa shape index (κ1) is 17.7. The highest BCUT2D eigenvalue weighted by Gasteiger charge is 2.29. The van der Waals surface area contributed by atoms with Gasteiger partial charge < -0.3 is 0 Å². The highest BCUT2D eigenvalue weighted by Crippen LogP contribution is 2.27. The van der Waals surface area contributed by atoms with Gasteiger partial charge in [-0.1, -0.05) is 36.4 Å². The molecule has 1 aliphatic rings. The number of sulfonamides is 1. The summed E-state index contributed by atoms with van der Waals surface area (Å²) in [6.07, 6.45) is 3.93. The summed E-state index contributed by atoms with van der Waals surface area (Å²) in [4.78, 5) is 0.217. The van der Waals surface area contributed by atoms with Gasteiger partial charge in [0.15, 0.2) is 0 Å². The van der Waals surface area contributed by atoms with Crippen LogP contribution in [0.15, 0.2) is 59.5 Å². The van der Waals surface area contributed by atoms with E-state index in [0.29, 0.717) is 24.6 Å². The fourth-order valence-corrected chi connectivity index (χ4v) is 4.85. The minimum Gasteiger partial charge on any atom is -0.207 e. The van der Waals surface area contributed by atoms with E-state index in [4.69, 9.17) is 5.26 Å². The van der Waals surface area contributed by atoms with Gasteiger partial charge in [-0.2, -0.15) is 9.57 Å². The van der Waals surface area contributed by atoms with Gasteiger partial charge in [-0.05, 0) is 55.4 Å². The molecule has 0 aromatic heterocycles. The number of rotatable bonds is 5. The van der Waals surface area contributed by atoms with E-state index >= 15 is 0 Å². The van der Waals surface area contributed by atoms with Crippen LogP contribution in [0.4, 0.5) is 0 Å². The van der Waals surface area contributed by atoms with Crippen LogP contribution in [0.1, 0.15) is 30.4 Å². The second-order valence-corrected chi connectivity index (χ2v) is 8.45. The third-order valence-electron chi connectivity index (χ3n) is 4.86. The monoisotopic (exact) mass is 354 g/mol. The SMILES string of the molecule is N#Cc1cccc(S(=O)(=O)N2CCC(CCc3ccccc3)CC2)c1. The van der Waals surface area contributed by atoms with Crippen molar-refractivity contribution in [2.45, 2.75) is 30.6 Å². The molecule has 0 unspecified atom stereocenters. The maximum Gasteiger partial charge on any atom is 0.243 e. The Morgan fingerprint density at radius 2 is 1.76 bits per heavy atom. The fourth-order valence-electron chi connectivity index (χ4n) is 3.33. The third-order valence-corrected chi connectivity index (χ3v) is 6.75. The van der Waals surface area contributed by atoms with Crippen LogP contribution in [0.25, 0.3) is 0 Å². The van der Waals surface area contributed by atoms with Crippen LogP contribution >= 0.6 is 0 Å². The molecule has 4 nitrogen and oxygen atoms in total. The molecule has 130 valence electrons. The normalized spacial score (nSPS) is 16.4. The summed E-state index contributed by atoms with van der Waals surface area (Å²) in [5, 5.41) is 8.97. The van der Waals surface area contributed by atoms with Gasteiger partial charge in [0.25, 0.3) is 0 Å². The summed E-state index contributed by atoms with van der Waals surface area (Å²) in [7, 11) is -3.50. The first-order valence-corrected chi connectivity index (χ1v) is 10.1. The zero-order chi connectivity index (χ0) is 17.7. The van der Waals surface area contributed by atoms with Crippen molar-refractivity contribution in [3.8, 4) is 6.07 Å². The number of aryl methyl sites for hydroxylation is 1. The third kappa shape index (κ3) is 4.28. The van der Waals surface area contributed by atoms with Gasteiger partial charge in [0, 0.05) is 13.1 Å². The van der Waals surface area contributed by atoms with Crippen LogP contribution in [-0.4, -0.2) is 25.8 Å². The van der Waals surface area contributed by atoms with Gasteiger partial charge in [-0.3, -0.25) is 0 Å². The molecule has 0 atom stereocenters. The molecule has 1 heterocycles. The minimum absolute atomic E-state index is 0.217. The number of hydrogen-bond acceptors (Lipinski definition) is 3. The average molecular weight is 354 g/mol. The Labute approximate surface area is 149 Å². The Hall–Kier alpha value is -2.16. The molecule has 1 fully saturated rings. The summed E-state index contributed by atoms with van der Waals surface area (Å²) in [5.41, 5.74) is 1.71. The lowest BCUT2D eigenvalue weighted by molar-refractivity contribution is 0.263. The second-order valence-electron chi connectivity index (χ2n) is 6.51. The first-order valence-electron chi connectivity index (χ1n) is 8.64. The molecular formula is C20H22N2O2S. The van der Waals surface area contributed by atoms with E-state index < -0.39 is 10.0 Å². The van der Waals surface area contributed by atoms with Crippen LogP contribution < -0.4 is 0 Å². The van der Waals surface area contributed by atoms with E-state index in [1.807, 2.05) is 12.1 Å². The quantitative estimate of drug-likeness (QED) is 0.824. The van der Waals surface area contributed by atoms with Crippen LogP contribution in [0.3, 0.4) is 0 Å². The van der Waals surface area contributed by atoms with Crippen LogP contribution in [0.5, 0.6) is 0 Å². The molecule has 25 heavy (non-hydrogen) atoms. The maximum atomic E-state index is 12.8. The average Bonchev–Trinajstić information content (AvgIpc) is 2.67. The summed E-state index contributed by atoms with van der Waals surface area (Å²) >= 11 is 0. The maximum absolute atomic E-state index is 12.8. The highest BCUT2D eigenvalue weighted by atomic mass is 32.2. The summed E-state index contributed by atoms with van der Waals surface area (Å²) in [6, 6.07) is 18.7. The lowest BCUT2D eigenvalue weighted by Crippen LogP contribution is -2.38. The van der Waals surface area contributed by atoms with E-state index in [1.54, 1.807) is 22.5 Å². The van der Waals surface area contributed by atoms with Gasteiger partial charge in [-0.25, -0.2) is 8.42 Å². The Morgan fingerprint density at radius 3 is 2.44 bits per heavy atom. The largest absolute Gasteiger partial charge is 0.243 e. The fraction of sp³-hybridized carbons (Fsp3) is 0.350. The molecule has 0 amide bonds. The van der Waals surface area contributed by atoms with E-state index in [1.165, 1.54) is 11.6 Å². The molecule has 0 aliphatic carbocycles. The van der Waals surface area contributed by atoms with Crippen LogP contribution in [-0.2, 0) is 16.4 Å².